The third kappa shape index (κ3) is 3.83. The molecule has 1 aromatic carbocycles. The molecule has 2 amide bonds. The number of fused-ring (bicyclic) bond motifs is 1. The summed E-state index contributed by atoms with van der Waals surface area (Å²) in [7, 11) is 0. The number of nitrogens with one attached hydrogen (secondary N) is 1. The van der Waals surface area contributed by atoms with Gasteiger partial charge in [0.15, 0.2) is 5.16 Å². The highest BCUT2D eigenvalue weighted by Crippen LogP contribution is 2.31. The van der Waals surface area contributed by atoms with Gasteiger partial charge in [0.25, 0.3) is 5.91 Å². The van der Waals surface area contributed by atoms with Crippen LogP contribution in [-0.4, -0.2) is 27.1 Å². The Kier molecular flexibility index (Phi) is 5.50. The predicted octanol–water partition coefficient (Wildman–Crippen LogP) is 3.64. The van der Waals surface area contributed by atoms with Crippen molar-refractivity contribution < 1.29 is 9.59 Å². The van der Waals surface area contributed by atoms with Crippen LogP contribution in [0.1, 0.15) is 34.6 Å². The number of nitrogens with two attached hydrogens (primary N) is 1. The van der Waals surface area contributed by atoms with E-state index in [0.29, 0.717) is 10.6 Å². The first-order valence-corrected chi connectivity index (χ1v) is 11.0. The van der Waals surface area contributed by atoms with Gasteiger partial charge in [0.05, 0.1) is 17.0 Å². The number of hydrogen-bond donors (Lipinski definition) is 2. The zero-order chi connectivity index (χ0) is 19.5. The number of benzene rings is 1. The number of aromatic nitrogens is 2. The Morgan fingerprint density at radius 1 is 1.18 bits per heavy atom. The van der Waals surface area contributed by atoms with Crippen LogP contribution in [0.3, 0.4) is 0 Å². The third-order valence-electron chi connectivity index (χ3n) is 4.63. The molecule has 0 fully saturated rings. The minimum atomic E-state index is -0.545. The Morgan fingerprint density at radius 2 is 1.96 bits per heavy atom. The lowest BCUT2D eigenvalue weighted by Crippen LogP contribution is -2.18. The highest BCUT2D eigenvalue weighted by molar-refractivity contribution is 7.99. The summed E-state index contributed by atoms with van der Waals surface area (Å²) in [5, 5.41) is 5.84. The van der Waals surface area contributed by atoms with E-state index in [4.69, 9.17) is 10.7 Å². The summed E-state index contributed by atoms with van der Waals surface area (Å²) in [5.41, 5.74) is 9.12. The van der Waals surface area contributed by atoms with E-state index in [1.807, 2.05) is 18.2 Å². The van der Waals surface area contributed by atoms with Gasteiger partial charge in [-0.25, -0.2) is 4.98 Å². The smallest absolute Gasteiger partial charge is 0.251 e. The molecule has 0 bridgehead atoms. The first-order valence-electron chi connectivity index (χ1n) is 9.09. The monoisotopic (exact) mass is 412 g/mol. The molecular formula is C20H20N4O2S2. The molecular weight excluding hydrogens is 392 g/mol. The minimum absolute atomic E-state index is 0.185. The standard InChI is InChI=1S/C20H20N4O2S2/c21-18(26)14-10-11-27-19(14)23-17(25)12-28-20-22-15-8-4-5-9-16(15)24(20)13-6-2-1-3-7-13/h1-3,6-7,10-11H,4-5,8-9,12H2,(H2,21,26)(H,23,25). The van der Waals surface area contributed by atoms with Gasteiger partial charge in [-0.3, -0.25) is 14.2 Å². The molecule has 3 N–H and O–H groups in total. The SMILES string of the molecule is NC(=O)c1ccsc1NC(=O)CSc1nc2c(n1-c1ccccc1)CCCC2. The van der Waals surface area contributed by atoms with Gasteiger partial charge in [-0.05, 0) is 49.3 Å². The zero-order valence-corrected chi connectivity index (χ0v) is 16.8. The Balaban J connectivity index is 1.53. The lowest BCUT2D eigenvalue weighted by Gasteiger charge is -2.15. The van der Waals surface area contributed by atoms with Crippen LogP contribution in [0.5, 0.6) is 0 Å². The number of nitrogens with zero attached hydrogens (tertiary/aromatic N) is 2. The number of carbonyl (C=O) groups excluding carboxylic acids is 2. The minimum Gasteiger partial charge on any atom is -0.366 e. The van der Waals surface area contributed by atoms with Crippen LogP contribution in [0, 0.1) is 0 Å². The largest absolute Gasteiger partial charge is 0.366 e. The highest BCUT2D eigenvalue weighted by atomic mass is 32.2. The summed E-state index contributed by atoms with van der Waals surface area (Å²) in [6.45, 7) is 0. The van der Waals surface area contributed by atoms with E-state index in [0.717, 1.165) is 42.2 Å². The van der Waals surface area contributed by atoms with Gasteiger partial charge in [0.1, 0.15) is 5.00 Å². The molecule has 3 aromatic rings. The van der Waals surface area contributed by atoms with Gasteiger partial charge in [-0.2, -0.15) is 0 Å². The van der Waals surface area contributed by atoms with Crippen molar-refractivity contribution in [1.82, 2.24) is 9.55 Å². The summed E-state index contributed by atoms with van der Waals surface area (Å²) in [6, 6.07) is 11.7. The molecule has 0 radical (unpaired) electrons. The number of rotatable bonds is 6. The van der Waals surface area contributed by atoms with E-state index in [-0.39, 0.29) is 11.7 Å². The second-order valence-electron chi connectivity index (χ2n) is 6.53. The van der Waals surface area contributed by atoms with E-state index in [2.05, 4.69) is 22.0 Å². The van der Waals surface area contributed by atoms with E-state index < -0.39 is 5.91 Å². The number of thiophene rings is 1. The van der Waals surface area contributed by atoms with Crippen molar-refractivity contribution in [2.24, 2.45) is 5.73 Å². The van der Waals surface area contributed by atoms with Crippen molar-refractivity contribution >= 4 is 39.9 Å². The van der Waals surface area contributed by atoms with E-state index in [1.54, 1.807) is 11.4 Å². The van der Waals surface area contributed by atoms with Crippen LogP contribution in [-0.2, 0) is 17.6 Å². The van der Waals surface area contributed by atoms with Crippen LogP contribution < -0.4 is 11.1 Å². The molecule has 1 aliphatic rings. The van der Waals surface area contributed by atoms with Crippen molar-refractivity contribution in [3.05, 3.63) is 58.7 Å². The van der Waals surface area contributed by atoms with E-state index in [1.165, 1.54) is 28.8 Å². The quantitative estimate of drug-likeness (QED) is 0.605. The molecule has 2 heterocycles. The van der Waals surface area contributed by atoms with Crippen molar-refractivity contribution in [2.75, 3.05) is 11.1 Å². The summed E-state index contributed by atoms with van der Waals surface area (Å²) in [5.74, 6) is -0.522. The van der Waals surface area contributed by atoms with Gasteiger partial charge in [-0.1, -0.05) is 30.0 Å². The average molecular weight is 413 g/mol. The molecule has 8 heteroatoms. The molecule has 1 aliphatic carbocycles. The number of para-hydroxylation sites is 1. The summed E-state index contributed by atoms with van der Waals surface area (Å²) in [6.07, 6.45) is 4.29. The van der Waals surface area contributed by atoms with Crippen LogP contribution in [0.2, 0.25) is 0 Å². The zero-order valence-electron chi connectivity index (χ0n) is 15.2. The number of carbonyl (C=O) groups is 2. The number of anilines is 1. The molecule has 0 atom stereocenters. The first-order chi connectivity index (χ1) is 13.6. The second kappa shape index (κ2) is 8.20. The molecule has 0 unspecified atom stereocenters. The summed E-state index contributed by atoms with van der Waals surface area (Å²) in [4.78, 5) is 28.7. The molecule has 2 aromatic heterocycles. The third-order valence-corrected chi connectivity index (χ3v) is 6.40. The van der Waals surface area contributed by atoms with Crippen LogP contribution in [0.15, 0.2) is 46.9 Å². The molecule has 28 heavy (non-hydrogen) atoms. The molecule has 144 valence electrons. The molecule has 0 saturated heterocycles. The molecule has 0 aliphatic heterocycles. The number of aryl methyl sites for hydroxylation is 1. The highest BCUT2D eigenvalue weighted by Gasteiger charge is 2.22. The van der Waals surface area contributed by atoms with Gasteiger partial charge in [0.2, 0.25) is 5.91 Å². The number of thioether (sulfide) groups is 1. The van der Waals surface area contributed by atoms with Crippen molar-refractivity contribution in [1.29, 1.82) is 0 Å². The average Bonchev–Trinajstić information content (AvgIpc) is 3.31. The lowest BCUT2D eigenvalue weighted by molar-refractivity contribution is -0.113. The fraction of sp³-hybridized carbons (Fsp3) is 0.250. The summed E-state index contributed by atoms with van der Waals surface area (Å²) >= 11 is 2.69. The number of hydrogen-bond acceptors (Lipinski definition) is 5. The second-order valence-corrected chi connectivity index (χ2v) is 8.39. The maximum Gasteiger partial charge on any atom is 0.251 e. The molecule has 0 saturated carbocycles. The fourth-order valence-electron chi connectivity index (χ4n) is 3.35. The predicted molar refractivity (Wildman–Crippen MR) is 112 cm³/mol. The first kappa shape index (κ1) is 18.8. The van der Waals surface area contributed by atoms with Crippen molar-refractivity contribution in [3.63, 3.8) is 0 Å². The van der Waals surface area contributed by atoms with Crippen LogP contribution >= 0.6 is 23.1 Å². The van der Waals surface area contributed by atoms with E-state index in [9.17, 15) is 9.59 Å². The van der Waals surface area contributed by atoms with Gasteiger partial charge in [-0.15, -0.1) is 11.3 Å². The number of primary amides is 1. The number of imidazole rings is 1. The van der Waals surface area contributed by atoms with Gasteiger partial charge >= 0.3 is 0 Å². The van der Waals surface area contributed by atoms with Crippen molar-refractivity contribution in [2.45, 2.75) is 30.8 Å². The maximum atomic E-state index is 12.4. The lowest BCUT2D eigenvalue weighted by atomic mass is 10.0. The topological polar surface area (TPSA) is 90.0 Å². The Labute approximate surface area is 171 Å². The Bertz CT molecular complexity index is 1010. The Hall–Kier alpha value is -2.58. The maximum absolute atomic E-state index is 12.4. The fourth-order valence-corrected chi connectivity index (χ4v) is 5.01. The van der Waals surface area contributed by atoms with Crippen LogP contribution in [0.4, 0.5) is 5.00 Å². The van der Waals surface area contributed by atoms with E-state index >= 15 is 0 Å². The summed E-state index contributed by atoms with van der Waals surface area (Å²) < 4.78 is 2.17. The van der Waals surface area contributed by atoms with Gasteiger partial charge < -0.3 is 11.1 Å². The van der Waals surface area contributed by atoms with Gasteiger partial charge in [0, 0.05) is 11.4 Å². The number of amides is 2. The Morgan fingerprint density at radius 3 is 2.75 bits per heavy atom. The molecule has 4 rings (SSSR count). The van der Waals surface area contributed by atoms with Crippen molar-refractivity contribution in [3.8, 4) is 5.69 Å². The normalized spacial score (nSPS) is 13.1. The molecule has 0 spiro atoms. The molecule has 6 nitrogen and oxygen atoms in total. The van der Waals surface area contributed by atoms with Crippen LogP contribution in [0.25, 0.3) is 5.69 Å².